The maximum absolute atomic E-state index is 13.1. The molecule has 0 saturated carbocycles. The lowest BCUT2D eigenvalue weighted by Crippen LogP contribution is -2.25. The smallest absolute Gasteiger partial charge is 0.341 e. The fourth-order valence-electron chi connectivity index (χ4n) is 4.99. The number of nitrogens with zero attached hydrogens (tertiary/aromatic N) is 1. The van der Waals surface area contributed by atoms with Gasteiger partial charge in [-0.25, -0.2) is 4.79 Å². The SMILES string of the molecule is CCCCCCCCCCC(OC(=O)c1cc(N)cc(N)c1)Oc1ccc(C=C(C#N)c2ccc3c(c2)OCO3)cc1OC. The number of carbonyl (C=O) groups excluding carboxylic acids is 1. The second kappa shape index (κ2) is 16.1. The van der Waals surface area contributed by atoms with Crippen molar-refractivity contribution in [2.24, 2.45) is 0 Å². The molecular formula is C35H41N3O6. The quantitative estimate of drug-likeness (QED) is 0.0422. The molecule has 0 aliphatic carbocycles. The number of hydrogen-bond acceptors (Lipinski definition) is 9. The number of unbranched alkanes of at least 4 members (excludes halogenated alkanes) is 7. The highest BCUT2D eigenvalue weighted by Crippen LogP contribution is 2.36. The number of nitriles is 1. The highest BCUT2D eigenvalue weighted by molar-refractivity contribution is 5.92. The number of allylic oxidation sites excluding steroid dienone is 1. The van der Waals surface area contributed by atoms with Gasteiger partial charge >= 0.3 is 5.97 Å². The number of rotatable bonds is 16. The molecule has 4 rings (SSSR count). The predicted octanol–water partition coefficient (Wildman–Crippen LogP) is 7.75. The summed E-state index contributed by atoms with van der Waals surface area (Å²) in [7, 11) is 1.54. The number of benzene rings is 3. The summed E-state index contributed by atoms with van der Waals surface area (Å²) in [5.41, 5.74) is 14.7. The molecule has 4 N–H and O–H groups in total. The summed E-state index contributed by atoms with van der Waals surface area (Å²) in [6, 6.07) is 17.6. The highest BCUT2D eigenvalue weighted by Gasteiger charge is 2.21. The lowest BCUT2D eigenvalue weighted by Gasteiger charge is -2.21. The zero-order valence-electron chi connectivity index (χ0n) is 25.5. The van der Waals surface area contributed by atoms with E-state index in [4.69, 9.17) is 35.2 Å². The van der Waals surface area contributed by atoms with Crippen LogP contribution < -0.4 is 30.4 Å². The van der Waals surface area contributed by atoms with Crippen LogP contribution >= 0.6 is 0 Å². The summed E-state index contributed by atoms with van der Waals surface area (Å²) in [6.45, 7) is 2.37. The molecule has 1 heterocycles. The Kier molecular flexibility index (Phi) is 11.8. The number of nitrogen functional groups attached to an aromatic ring is 2. The van der Waals surface area contributed by atoms with Crippen molar-refractivity contribution in [1.82, 2.24) is 0 Å². The average Bonchev–Trinajstić information content (AvgIpc) is 3.49. The Labute approximate surface area is 259 Å². The number of esters is 1. The van der Waals surface area contributed by atoms with Gasteiger partial charge in [-0.05, 0) is 72.2 Å². The summed E-state index contributed by atoms with van der Waals surface area (Å²) in [5.74, 6) is 1.52. The van der Waals surface area contributed by atoms with E-state index in [0.717, 1.165) is 24.8 Å². The van der Waals surface area contributed by atoms with Crippen molar-refractivity contribution in [3.8, 4) is 29.1 Å². The molecule has 44 heavy (non-hydrogen) atoms. The van der Waals surface area contributed by atoms with Gasteiger partial charge in [0.25, 0.3) is 0 Å². The molecule has 1 aliphatic rings. The molecule has 0 aromatic heterocycles. The molecule has 1 unspecified atom stereocenters. The zero-order valence-corrected chi connectivity index (χ0v) is 25.5. The van der Waals surface area contributed by atoms with Crippen LogP contribution in [0.3, 0.4) is 0 Å². The number of nitrogens with two attached hydrogens (primary N) is 2. The number of carbonyl (C=O) groups is 1. The van der Waals surface area contributed by atoms with Gasteiger partial charge in [-0.3, -0.25) is 0 Å². The summed E-state index contributed by atoms with van der Waals surface area (Å²) in [4.78, 5) is 13.1. The second-order valence-electron chi connectivity index (χ2n) is 10.8. The standard InChI is InChI=1S/C35H41N3O6/c1-3-4-5-6-7-8-9-10-11-34(44-35(39)26-18-28(37)21-29(38)19-26)43-31-14-12-24(17-32(31)40-2)16-27(22-36)25-13-15-30-33(20-25)42-23-41-30/h12-21,34H,3-11,23,37-38H2,1-2H3. The average molecular weight is 600 g/mol. The Bertz CT molecular complexity index is 1480. The molecule has 0 spiro atoms. The topological polar surface area (TPSA) is 139 Å². The summed E-state index contributed by atoms with van der Waals surface area (Å²) in [5, 5.41) is 9.87. The Hall–Kier alpha value is -4.84. The van der Waals surface area contributed by atoms with Gasteiger partial charge in [0.1, 0.15) is 0 Å². The lowest BCUT2D eigenvalue weighted by molar-refractivity contribution is -0.0542. The van der Waals surface area contributed by atoms with E-state index in [0.29, 0.717) is 51.9 Å². The Balaban J connectivity index is 1.48. The fraction of sp³-hybridized carbons (Fsp3) is 0.371. The Morgan fingerprint density at radius 2 is 1.59 bits per heavy atom. The molecule has 1 aliphatic heterocycles. The first-order valence-corrected chi connectivity index (χ1v) is 15.1. The van der Waals surface area contributed by atoms with E-state index in [1.54, 1.807) is 36.4 Å². The van der Waals surface area contributed by atoms with Crippen LogP contribution in [-0.4, -0.2) is 26.2 Å². The van der Waals surface area contributed by atoms with E-state index >= 15 is 0 Å². The number of methoxy groups -OCH3 is 1. The lowest BCUT2D eigenvalue weighted by atomic mass is 10.0. The summed E-state index contributed by atoms with van der Waals surface area (Å²) < 4.78 is 28.5. The van der Waals surface area contributed by atoms with E-state index < -0.39 is 12.3 Å². The minimum atomic E-state index is -0.858. The molecule has 0 amide bonds. The van der Waals surface area contributed by atoms with Gasteiger partial charge in [-0.1, -0.05) is 57.9 Å². The molecule has 3 aromatic rings. The van der Waals surface area contributed by atoms with E-state index in [9.17, 15) is 10.1 Å². The molecule has 3 aromatic carbocycles. The largest absolute Gasteiger partial charge is 0.493 e. The molecule has 0 radical (unpaired) electrons. The first-order chi connectivity index (χ1) is 21.4. The third-order valence-electron chi connectivity index (χ3n) is 7.31. The van der Waals surface area contributed by atoms with E-state index in [1.165, 1.54) is 51.3 Å². The summed E-state index contributed by atoms with van der Waals surface area (Å²) >= 11 is 0. The van der Waals surface area contributed by atoms with Gasteiger partial charge in [-0.2, -0.15) is 5.26 Å². The molecule has 0 fully saturated rings. The predicted molar refractivity (Wildman–Crippen MR) is 171 cm³/mol. The molecule has 9 nitrogen and oxygen atoms in total. The first kappa shape index (κ1) is 32.1. The number of fused-ring (bicyclic) bond motifs is 1. The number of ether oxygens (including phenoxy) is 5. The van der Waals surface area contributed by atoms with Crippen LogP contribution in [0, 0.1) is 11.3 Å². The third-order valence-corrected chi connectivity index (χ3v) is 7.31. The van der Waals surface area contributed by atoms with Crippen LogP contribution in [0.15, 0.2) is 54.6 Å². The van der Waals surface area contributed by atoms with Gasteiger partial charge < -0.3 is 35.2 Å². The van der Waals surface area contributed by atoms with Gasteiger partial charge in [0.15, 0.2) is 23.0 Å². The normalized spacial score (nSPS) is 12.8. The van der Waals surface area contributed by atoms with Crippen LogP contribution in [0.4, 0.5) is 11.4 Å². The maximum atomic E-state index is 13.1. The van der Waals surface area contributed by atoms with Crippen molar-refractivity contribution < 1.29 is 28.5 Å². The first-order valence-electron chi connectivity index (χ1n) is 15.1. The molecule has 0 bridgehead atoms. The number of hydrogen-bond donors (Lipinski definition) is 2. The van der Waals surface area contributed by atoms with Gasteiger partial charge in [0.2, 0.25) is 13.1 Å². The van der Waals surface area contributed by atoms with E-state index in [1.807, 2.05) is 12.1 Å². The second-order valence-corrected chi connectivity index (χ2v) is 10.8. The van der Waals surface area contributed by atoms with Crippen LogP contribution in [0.25, 0.3) is 11.6 Å². The van der Waals surface area contributed by atoms with Gasteiger partial charge in [-0.15, -0.1) is 0 Å². The van der Waals surface area contributed by atoms with Crippen molar-refractivity contribution in [3.63, 3.8) is 0 Å². The summed E-state index contributed by atoms with van der Waals surface area (Å²) in [6.07, 6.45) is 10.5. The molecular weight excluding hydrogens is 558 g/mol. The van der Waals surface area contributed by atoms with E-state index in [-0.39, 0.29) is 12.4 Å². The molecule has 1 atom stereocenters. The fourth-order valence-corrected chi connectivity index (χ4v) is 4.99. The van der Waals surface area contributed by atoms with Crippen molar-refractivity contribution in [2.45, 2.75) is 71.0 Å². The molecule has 9 heteroatoms. The van der Waals surface area contributed by atoms with Crippen molar-refractivity contribution in [2.75, 3.05) is 25.4 Å². The van der Waals surface area contributed by atoms with Crippen molar-refractivity contribution in [1.29, 1.82) is 5.26 Å². The maximum Gasteiger partial charge on any atom is 0.341 e. The van der Waals surface area contributed by atoms with E-state index in [2.05, 4.69) is 13.0 Å². The minimum absolute atomic E-state index is 0.159. The Morgan fingerprint density at radius 3 is 2.30 bits per heavy atom. The zero-order chi connectivity index (χ0) is 31.3. The third kappa shape index (κ3) is 9.08. The molecule has 0 saturated heterocycles. The molecule has 232 valence electrons. The minimum Gasteiger partial charge on any atom is -0.493 e. The number of anilines is 2. The van der Waals surface area contributed by atoms with Crippen molar-refractivity contribution in [3.05, 3.63) is 71.3 Å². The van der Waals surface area contributed by atoms with Crippen LogP contribution in [-0.2, 0) is 4.74 Å². The monoisotopic (exact) mass is 599 g/mol. The highest BCUT2D eigenvalue weighted by atomic mass is 16.7. The van der Waals surface area contributed by atoms with Crippen LogP contribution in [0.5, 0.6) is 23.0 Å². The van der Waals surface area contributed by atoms with Gasteiger partial charge in [0.05, 0.1) is 24.3 Å². The Morgan fingerprint density at radius 1 is 0.886 bits per heavy atom. The van der Waals surface area contributed by atoms with Crippen molar-refractivity contribution >= 4 is 29.0 Å². The van der Waals surface area contributed by atoms with Crippen LogP contribution in [0.2, 0.25) is 0 Å². The van der Waals surface area contributed by atoms with Crippen LogP contribution in [0.1, 0.15) is 86.2 Å². The van der Waals surface area contributed by atoms with Gasteiger partial charge in [0, 0.05) is 17.8 Å².